The summed E-state index contributed by atoms with van der Waals surface area (Å²) < 4.78 is 0. The van der Waals surface area contributed by atoms with E-state index in [-0.39, 0.29) is 0 Å². The third-order valence-corrected chi connectivity index (χ3v) is 4.25. The van der Waals surface area contributed by atoms with Crippen LogP contribution in [0.3, 0.4) is 0 Å². The van der Waals surface area contributed by atoms with E-state index in [1.807, 2.05) is 18.2 Å². The molecule has 0 saturated carbocycles. The maximum Gasteiger partial charge on any atom is 0.0452 e. The zero-order valence-corrected chi connectivity index (χ0v) is 11.4. The van der Waals surface area contributed by atoms with Crippen LogP contribution in [0, 0.1) is 11.8 Å². The molecule has 2 atom stereocenters. The molecule has 1 aromatic carbocycles. The first-order valence-corrected chi connectivity index (χ1v) is 6.70. The molecule has 2 N–H and O–H groups in total. The average molecular weight is 253 g/mol. The van der Waals surface area contributed by atoms with Crippen LogP contribution in [0.2, 0.25) is 5.02 Å². The molecule has 2 unspecified atom stereocenters. The zero-order valence-electron chi connectivity index (χ0n) is 10.6. The van der Waals surface area contributed by atoms with Gasteiger partial charge in [0.25, 0.3) is 0 Å². The van der Waals surface area contributed by atoms with Crippen molar-refractivity contribution in [3.8, 4) is 0 Å². The van der Waals surface area contributed by atoms with Crippen LogP contribution >= 0.6 is 11.6 Å². The van der Waals surface area contributed by atoms with Crippen molar-refractivity contribution in [2.24, 2.45) is 11.8 Å². The Labute approximate surface area is 109 Å². The fourth-order valence-corrected chi connectivity index (χ4v) is 2.63. The highest BCUT2D eigenvalue weighted by Gasteiger charge is 2.22. The minimum absolute atomic E-state index is 0.767. The Morgan fingerprint density at radius 3 is 2.82 bits per heavy atom. The molecule has 0 aromatic heterocycles. The molecule has 1 saturated heterocycles. The molecule has 0 amide bonds. The van der Waals surface area contributed by atoms with E-state index in [9.17, 15) is 0 Å². The van der Waals surface area contributed by atoms with Crippen LogP contribution in [0.5, 0.6) is 0 Å². The van der Waals surface area contributed by atoms with Gasteiger partial charge >= 0.3 is 0 Å². The molecule has 17 heavy (non-hydrogen) atoms. The molecular weight excluding hydrogens is 232 g/mol. The third-order valence-electron chi connectivity index (χ3n) is 3.88. The van der Waals surface area contributed by atoms with Crippen LogP contribution in [-0.2, 0) is 6.54 Å². The number of nitrogen functional groups attached to an aromatic ring is 1. The molecule has 1 aromatic rings. The summed E-state index contributed by atoms with van der Waals surface area (Å²) >= 11 is 6.20. The fourth-order valence-electron chi connectivity index (χ4n) is 2.45. The second kappa shape index (κ2) is 5.28. The van der Waals surface area contributed by atoms with Crippen LogP contribution in [0.15, 0.2) is 18.2 Å². The maximum absolute atomic E-state index is 6.20. The Hall–Kier alpha value is -0.730. The summed E-state index contributed by atoms with van der Waals surface area (Å²) in [5, 5.41) is 0.825. The van der Waals surface area contributed by atoms with Gasteiger partial charge < -0.3 is 5.73 Å². The standard InChI is InChI=1S/C14H21ClN2/c1-10-5-6-17(8-11(10)2)9-12-7-13(16)3-4-14(12)15/h3-4,7,10-11H,5-6,8-9,16H2,1-2H3. The molecule has 1 aliphatic heterocycles. The molecular formula is C14H21ClN2. The number of rotatable bonds is 2. The van der Waals surface area contributed by atoms with Gasteiger partial charge in [-0.3, -0.25) is 4.90 Å². The summed E-state index contributed by atoms with van der Waals surface area (Å²) in [5.74, 6) is 1.60. The predicted octanol–water partition coefficient (Wildman–Crippen LogP) is 3.40. The van der Waals surface area contributed by atoms with Gasteiger partial charge in [-0.25, -0.2) is 0 Å². The highest BCUT2D eigenvalue weighted by atomic mass is 35.5. The van der Waals surface area contributed by atoms with Gasteiger partial charge in [0.2, 0.25) is 0 Å². The normalized spacial score (nSPS) is 26.1. The number of anilines is 1. The number of benzene rings is 1. The molecule has 0 bridgehead atoms. The van der Waals surface area contributed by atoms with E-state index in [1.165, 1.54) is 6.42 Å². The minimum Gasteiger partial charge on any atom is -0.399 e. The summed E-state index contributed by atoms with van der Waals surface area (Å²) in [4.78, 5) is 2.48. The van der Waals surface area contributed by atoms with Crippen LogP contribution in [0.1, 0.15) is 25.8 Å². The van der Waals surface area contributed by atoms with Crippen molar-refractivity contribution in [3.05, 3.63) is 28.8 Å². The molecule has 0 aliphatic carbocycles. The van der Waals surface area contributed by atoms with E-state index in [1.54, 1.807) is 0 Å². The van der Waals surface area contributed by atoms with Gasteiger partial charge in [-0.05, 0) is 48.6 Å². The van der Waals surface area contributed by atoms with Crippen LogP contribution in [0.25, 0.3) is 0 Å². The number of hydrogen-bond acceptors (Lipinski definition) is 2. The van der Waals surface area contributed by atoms with Gasteiger partial charge in [-0.2, -0.15) is 0 Å². The first kappa shape index (κ1) is 12.7. The van der Waals surface area contributed by atoms with Crippen molar-refractivity contribution in [3.63, 3.8) is 0 Å². The molecule has 1 heterocycles. The molecule has 94 valence electrons. The number of likely N-dealkylation sites (tertiary alicyclic amines) is 1. The van der Waals surface area contributed by atoms with Gasteiger partial charge in [0.05, 0.1) is 0 Å². The predicted molar refractivity (Wildman–Crippen MR) is 74.1 cm³/mol. The second-order valence-corrected chi connectivity index (χ2v) is 5.74. The Balaban J connectivity index is 2.03. The van der Waals surface area contributed by atoms with Crippen molar-refractivity contribution >= 4 is 17.3 Å². The molecule has 1 fully saturated rings. The van der Waals surface area contributed by atoms with Gasteiger partial charge in [0, 0.05) is 23.8 Å². The fraction of sp³-hybridized carbons (Fsp3) is 0.571. The smallest absolute Gasteiger partial charge is 0.0452 e. The van der Waals surface area contributed by atoms with Crippen molar-refractivity contribution in [2.45, 2.75) is 26.8 Å². The molecule has 0 radical (unpaired) electrons. The van der Waals surface area contributed by atoms with Crippen molar-refractivity contribution in [2.75, 3.05) is 18.8 Å². The Bertz CT molecular complexity index is 392. The van der Waals surface area contributed by atoms with Crippen molar-refractivity contribution < 1.29 is 0 Å². The molecule has 2 nitrogen and oxygen atoms in total. The largest absolute Gasteiger partial charge is 0.399 e. The number of nitrogens with two attached hydrogens (primary N) is 1. The molecule has 3 heteroatoms. The summed E-state index contributed by atoms with van der Waals surface area (Å²) in [6, 6.07) is 5.74. The number of halogens is 1. The number of piperidine rings is 1. The highest BCUT2D eigenvalue weighted by molar-refractivity contribution is 6.31. The molecule has 0 spiro atoms. The van der Waals surface area contributed by atoms with E-state index < -0.39 is 0 Å². The maximum atomic E-state index is 6.20. The molecule has 1 aliphatic rings. The van der Waals surface area contributed by atoms with E-state index >= 15 is 0 Å². The minimum atomic E-state index is 0.767. The lowest BCUT2D eigenvalue weighted by atomic mass is 9.88. The Morgan fingerprint density at radius 1 is 1.35 bits per heavy atom. The van der Waals surface area contributed by atoms with Gasteiger partial charge in [-0.1, -0.05) is 25.4 Å². The Morgan fingerprint density at radius 2 is 2.12 bits per heavy atom. The third kappa shape index (κ3) is 3.14. The van der Waals surface area contributed by atoms with Crippen LogP contribution < -0.4 is 5.73 Å². The first-order chi connectivity index (χ1) is 8.06. The summed E-state index contributed by atoms with van der Waals surface area (Å²) in [7, 11) is 0. The van der Waals surface area contributed by atoms with Gasteiger partial charge in [0.1, 0.15) is 0 Å². The van der Waals surface area contributed by atoms with Crippen LogP contribution in [0.4, 0.5) is 5.69 Å². The lowest BCUT2D eigenvalue weighted by Crippen LogP contribution is -2.37. The van der Waals surface area contributed by atoms with E-state index in [0.717, 1.165) is 47.7 Å². The van der Waals surface area contributed by atoms with Crippen LogP contribution in [-0.4, -0.2) is 18.0 Å². The average Bonchev–Trinajstić information content (AvgIpc) is 2.29. The lowest BCUT2D eigenvalue weighted by molar-refractivity contribution is 0.132. The topological polar surface area (TPSA) is 29.3 Å². The number of nitrogens with zero attached hydrogens (tertiary/aromatic N) is 1. The SMILES string of the molecule is CC1CCN(Cc2cc(N)ccc2Cl)CC1C. The lowest BCUT2D eigenvalue weighted by Gasteiger charge is -2.35. The second-order valence-electron chi connectivity index (χ2n) is 5.33. The first-order valence-electron chi connectivity index (χ1n) is 6.32. The monoisotopic (exact) mass is 252 g/mol. The van der Waals surface area contributed by atoms with Crippen molar-refractivity contribution in [1.29, 1.82) is 0 Å². The summed E-state index contributed by atoms with van der Waals surface area (Å²) in [6.07, 6.45) is 1.28. The van der Waals surface area contributed by atoms with Crippen molar-refractivity contribution in [1.82, 2.24) is 4.90 Å². The highest BCUT2D eigenvalue weighted by Crippen LogP contribution is 2.26. The molecule has 2 rings (SSSR count). The van der Waals surface area contributed by atoms with Gasteiger partial charge in [0.15, 0.2) is 0 Å². The zero-order chi connectivity index (χ0) is 12.4. The Kier molecular flexibility index (Phi) is 3.95. The summed E-state index contributed by atoms with van der Waals surface area (Å²) in [6.45, 7) is 7.91. The quantitative estimate of drug-likeness (QED) is 0.818. The van der Waals surface area contributed by atoms with E-state index in [0.29, 0.717) is 0 Å². The van der Waals surface area contributed by atoms with E-state index in [2.05, 4.69) is 18.7 Å². The summed E-state index contributed by atoms with van der Waals surface area (Å²) in [5.41, 5.74) is 7.75. The van der Waals surface area contributed by atoms with Gasteiger partial charge in [-0.15, -0.1) is 0 Å². The van der Waals surface area contributed by atoms with E-state index in [4.69, 9.17) is 17.3 Å². The number of hydrogen-bond donors (Lipinski definition) is 1.